The third-order valence-corrected chi connectivity index (χ3v) is 3.65. The first kappa shape index (κ1) is 16.5. The summed E-state index contributed by atoms with van der Waals surface area (Å²) in [6.07, 6.45) is 2.16. The van der Waals surface area contributed by atoms with Crippen LogP contribution in [-0.2, 0) is 0 Å². The summed E-state index contributed by atoms with van der Waals surface area (Å²) in [5, 5.41) is 14.5. The summed E-state index contributed by atoms with van der Waals surface area (Å²) in [6.45, 7) is 2.95. The molecule has 7 heteroatoms. The molecule has 116 valence electrons. The largest absolute Gasteiger partial charge is 0.369 e. The number of anilines is 2. The van der Waals surface area contributed by atoms with Gasteiger partial charge in [0.2, 0.25) is 0 Å². The molecule has 0 radical (unpaired) electrons. The first-order chi connectivity index (χ1) is 10.6. The van der Waals surface area contributed by atoms with Gasteiger partial charge in [0.1, 0.15) is 5.82 Å². The number of hydrogen-bond donors (Lipinski definition) is 2. The summed E-state index contributed by atoms with van der Waals surface area (Å²) in [6, 6.07) is 8.21. The van der Waals surface area contributed by atoms with Gasteiger partial charge in [-0.15, -0.1) is 10.2 Å². The number of nitrogens with zero attached hydrogens (tertiary/aromatic N) is 2. The minimum Gasteiger partial charge on any atom is -0.369 e. The van der Waals surface area contributed by atoms with Crippen molar-refractivity contribution in [1.29, 1.82) is 0 Å². The third kappa shape index (κ3) is 4.58. The molecular weight excluding hydrogens is 323 g/mol. The molecule has 1 amide bonds. The Kier molecular flexibility index (Phi) is 5.98. The maximum Gasteiger partial charge on any atom is 0.276 e. The molecule has 0 aliphatic heterocycles. The number of carbonyl (C=O) groups is 1. The van der Waals surface area contributed by atoms with Gasteiger partial charge in [0, 0.05) is 12.2 Å². The van der Waals surface area contributed by atoms with Crippen molar-refractivity contribution < 1.29 is 4.79 Å². The van der Waals surface area contributed by atoms with Crippen molar-refractivity contribution in [2.45, 2.75) is 19.8 Å². The van der Waals surface area contributed by atoms with E-state index >= 15 is 0 Å². The van der Waals surface area contributed by atoms with Crippen molar-refractivity contribution in [1.82, 2.24) is 10.2 Å². The molecule has 0 unspecified atom stereocenters. The summed E-state index contributed by atoms with van der Waals surface area (Å²) in [4.78, 5) is 12.1. The maximum absolute atomic E-state index is 12.1. The maximum atomic E-state index is 12.1. The van der Waals surface area contributed by atoms with Gasteiger partial charge in [0.05, 0.1) is 10.0 Å². The molecule has 1 aromatic heterocycles. The number of hydrogen-bond acceptors (Lipinski definition) is 4. The summed E-state index contributed by atoms with van der Waals surface area (Å²) >= 11 is 11.7. The molecule has 0 spiro atoms. The van der Waals surface area contributed by atoms with E-state index in [9.17, 15) is 4.79 Å². The molecule has 2 N–H and O–H groups in total. The van der Waals surface area contributed by atoms with Crippen LogP contribution in [-0.4, -0.2) is 22.6 Å². The second-order valence-corrected chi connectivity index (χ2v) is 5.48. The molecule has 1 aromatic carbocycles. The van der Waals surface area contributed by atoms with Crippen LogP contribution in [0.25, 0.3) is 0 Å². The topological polar surface area (TPSA) is 66.9 Å². The Bertz CT molecular complexity index is 646. The standard InChI is InChI=1S/C15H16Cl2N4O/c1-2-3-8-18-14-7-6-13(20-21-14)15(22)19-10-4-5-11(16)12(17)9-10/h4-7,9H,2-3,8H2,1H3,(H,18,21)(H,19,22). The van der Waals surface area contributed by atoms with Gasteiger partial charge in [-0.1, -0.05) is 36.5 Å². The van der Waals surface area contributed by atoms with Gasteiger partial charge in [0.25, 0.3) is 5.91 Å². The van der Waals surface area contributed by atoms with Gasteiger partial charge >= 0.3 is 0 Å². The van der Waals surface area contributed by atoms with Crippen molar-refractivity contribution in [2.75, 3.05) is 17.2 Å². The van der Waals surface area contributed by atoms with Crippen LogP contribution in [0.5, 0.6) is 0 Å². The minimum absolute atomic E-state index is 0.229. The monoisotopic (exact) mass is 338 g/mol. The summed E-state index contributed by atoms with van der Waals surface area (Å²) in [5.41, 5.74) is 0.776. The highest BCUT2D eigenvalue weighted by Crippen LogP contribution is 2.25. The third-order valence-electron chi connectivity index (χ3n) is 2.91. The van der Waals surface area contributed by atoms with Crippen LogP contribution < -0.4 is 10.6 Å². The number of benzene rings is 1. The van der Waals surface area contributed by atoms with Gasteiger partial charge in [-0.2, -0.15) is 0 Å². The van der Waals surface area contributed by atoms with Crippen LogP contribution in [0.2, 0.25) is 10.0 Å². The average Bonchev–Trinajstić information content (AvgIpc) is 2.52. The van der Waals surface area contributed by atoms with E-state index in [-0.39, 0.29) is 11.6 Å². The van der Waals surface area contributed by atoms with Crippen LogP contribution in [0.1, 0.15) is 30.3 Å². The molecule has 2 aromatic rings. The molecule has 5 nitrogen and oxygen atoms in total. The Labute approximate surface area is 139 Å². The Balaban J connectivity index is 1.98. The first-order valence-corrected chi connectivity index (χ1v) is 7.69. The fourth-order valence-corrected chi connectivity index (χ4v) is 2.01. The van der Waals surface area contributed by atoms with Crippen molar-refractivity contribution in [2.24, 2.45) is 0 Å². The highest BCUT2D eigenvalue weighted by Gasteiger charge is 2.09. The van der Waals surface area contributed by atoms with Crippen molar-refractivity contribution >= 4 is 40.6 Å². The smallest absolute Gasteiger partial charge is 0.276 e. The Morgan fingerprint density at radius 3 is 2.59 bits per heavy atom. The van der Waals surface area contributed by atoms with E-state index in [1.165, 1.54) is 0 Å². The van der Waals surface area contributed by atoms with Crippen molar-refractivity contribution in [3.8, 4) is 0 Å². The van der Waals surface area contributed by atoms with Crippen molar-refractivity contribution in [3.05, 3.63) is 46.1 Å². The van der Waals surface area contributed by atoms with E-state index in [1.54, 1.807) is 30.3 Å². The molecular formula is C15H16Cl2N4O. The fraction of sp³-hybridized carbons (Fsp3) is 0.267. The van der Waals surface area contributed by atoms with E-state index in [1.807, 2.05) is 0 Å². The predicted octanol–water partition coefficient (Wildman–Crippen LogP) is 4.25. The van der Waals surface area contributed by atoms with Crippen LogP contribution in [0.3, 0.4) is 0 Å². The van der Waals surface area contributed by atoms with Gasteiger partial charge < -0.3 is 10.6 Å². The van der Waals surface area contributed by atoms with E-state index in [4.69, 9.17) is 23.2 Å². The molecule has 0 fully saturated rings. The number of amides is 1. The second-order valence-electron chi connectivity index (χ2n) is 4.67. The van der Waals surface area contributed by atoms with Crippen LogP contribution >= 0.6 is 23.2 Å². The highest BCUT2D eigenvalue weighted by molar-refractivity contribution is 6.42. The van der Waals surface area contributed by atoms with Crippen LogP contribution in [0.15, 0.2) is 30.3 Å². The Morgan fingerprint density at radius 1 is 1.14 bits per heavy atom. The Morgan fingerprint density at radius 2 is 1.95 bits per heavy atom. The number of unbranched alkanes of at least 4 members (excludes halogenated alkanes) is 1. The molecule has 0 aliphatic carbocycles. The lowest BCUT2D eigenvalue weighted by Gasteiger charge is -2.07. The molecule has 0 saturated carbocycles. The minimum atomic E-state index is -0.356. The zero-order chi connectivity index (χ0) is 15.9. The summed E-state index contributed by atoms with van der Waals surface area (Å²) in [7, 11) is 0. The van der Waals surface area contributed by atoms with Gasteiger partial charge in [-0.25, -0.2) is 0 Å². The zero-order valence-electron chi connectivity index (χ0n) is 12.1. The fourth-order valence-electron chi connectivity index (χ4n) is 1.71. The number of halogens is 2. The summed E-state index contributed by atoms with van der Waals surface area (Å²) < 4.78 is 0. The molecule has 0 saturated heterocycles. The normalized spacial score (nSPS) is 10.3. The first-order valence-electron chi connectivity index (χ1n) is 6.94. The van der Waals surface area contributed by atoms with Gasteiger partial charge in [0.15, 0.2) is 5.69 Å². The lowest BCUT2D eigenvalue weighted by Crippen LogP contribution is -2.15. The molecule has 2 rings (SSSR count). The summed E-state index contributed by atoms with van der Waals surface area (Å²) in [5.74, 6) is 0.297. The molecule has 0 aliphatic rings. The van der Waals surface area contributed by atoms with E-state index in [0.29, 0.717) is 21.6 Å². The van der Waals surface area contributed by atoms with E-state index in [2.05, 4.69) is 27.8 Å². The van der Waals surface area contributed by atoms with Crippen LogP contribution in [0, 0.1) is 0 Å². The number of aromatic nitrogens is 2. The van der Waals surface area contributed by atoms with E-state index in [0.717, 1.165) is 19.4 Å². The van der Waals surface area contributed by atoms with Gasteiger partial charge in [-0.05, 0) is 36.8 Å². The molecule has 0 bridgehead atoms. The lowest BCUT2D eigenvalue weighted by atomic mass is 10.3. The van der Waals surface area contributed by atoms with Crippen LogP contribution in [0.4, 0.5) is 11.5 Å². The second kappa shape index (κ2) is 7.96. The zero-order valence-corrected chi connectivity index (χ0v) is 13.6. The SMILES string of the molecule is CCCCNc1ccc(C(=O)Nc2ccc(Cl)c(Cl)c2)nn1. The number of carbonyl (C=O) groups excluding carboxylic acids is 1. The predicted molar refractivity (Wildman–Crippen MR) is 89.8 cm³/mol. The number of rotatable bonds is 6. The quantitative estimate of drug-likeness (QED) is 0.772. The lowest BCUT2D eigenvalue weighted by molar-refractivity contribution is 0.102. The number of nitrogens with one attached hydrogen (secondary N) is 2. The van der Waals surface area contributed by atoms with Crippen molar-refractivity contribution in [3.63, 3.8) is 0 Å². The van der Waals surface area contributed by atoms with Gasteiger partial charge in [-0.3, -0.25) is 4.79 Å². The van der Waals surface area contributed by atoms with E-state index < -0.39 is 0 Å². The average molecular weight is 339 g/mol. The Hall–Kier alpha value is -1.85. The molecule has 1 heterocycles. The highest BCUT2D eigenvalue weighted by atomic mass is 35.5. The molecule has 0 atom stereocenters. The molecule has 22 heavy (non-hydrogen) atoms.